The maximum Gasteiger partial charge on any atom is 0.222 e. The van der Waals surface area contributed by atoms with Gasteiger partial charge in [-0.15, -0.1) is 12.4 Å². The Morgan fingerprint density at radius 1 is 1.05 bits per heavy atom. The molecule has 0 aliphatic carbocycles. The highest BCUT2D eigenvalue weighted by atomic mass is 35.5. The summed E-state index contributed by atoms with van der Waals surface area (Å²) in [6, 6.07) is 0. The van der Waals surface area contributed by atoms with Crippen molar-refractivity contribution in [1.82, 2.24) is 9.21 Å². The molecule has 0 bridgehead atoms. The number of hydrogen-bond acceptors (Lipinski definition) is 4. The number of amides is 1. The molecule has 8 heteroatoms. The van der Waals surface area contributed by atoms with Gasteiger partial charge in [-0.25, -0.2) is 8.42 Å². The van der Waals surface area contributed by atoms with E-state index in [-0.39, 0.29) is 18.3 Å². The SMILES string of the molecule is CS(=O)(=O)N1CCN(C(=O)CCCCCCN)CC1.Cl. The van der Waals surface area contributed by atoms with Crippen molar-refractivity contribution in [2.75, 3.05) is 39.0 Å². The minimum atomic E-state index is -3.12. The largest absolute Gasteiger partial charge is 0.340 e. The van der Waals surface area contributed by atoms with Crippen LogP contribution in [0.4, 0.5) is 0 Å². The highest BCUT2D eigenvalue weighted by Crippen LogP contribution is 2.10. The molecule has 1 aliphatic heterocycles. The maximum atomic E-state index is 11.9. The first-order valence-corrected chi connectivity index (χ1v) is 8.73. The van der Waals surface area contributed by atoms with Crippen LogP contribution in [0.25, 0.3) is 0 Å². The van der Waals surface area contributed by atoms with Gasteiger partial charge in [0.25, 0.3) is 0 Å². The van der Waals surface area contributed by atoms with Gasteiger partial charge < -0.3 is 10.6 Å². The summed E-state index contributed by atoms with van der Waals surface area (Å²) in [6.45, 7) is 2.56. The Kier molecular flexibility index (Phi) is 9.37. The molecule has 0 radical (unpaired) electrons. The van der Waals surface area contributed by atoms with E-state index in [1.807, 2.05) is 0 Å². The summed E-state index contributed by atoms with van der Waals surface area (Å²) < 4.78 is 24.1. The van der Waals surface area contributed by atoms with Crippen LogP contribution in [-0.4, -0.2) is 62.5 Å². The Hall–Kier alpha value is -0.370. The number of hydrogen-bond donors (Lipinski definition) is 1. The highest BCUT2D eigenvalue weighted by molar-refractivity contribution is 7.88. The maximum absolute atomic E-state index is 11.9. The molecule has 1 amide bonds. The molecule has 1 saturated heterocycles. The number of piperazine rings is 1. The normalized spacial score (nSPS) is 16.8. The summed E-state index contributed by atoms with van der Waals surface area (Å²) >= 11 is 0. The summed E-state index contributed by atoms with van der Waals surface area (Å²) in [4.78, 5) is 13.7. The predicted molar refractivity (Wildman–Crippen MR) is 82.4 cm³/mol. The Labute approximate surface area is 128 Å². The first kappa shape index (κ1) is 19.6. The molecule has 20 heavy (non-hydrogen) atoms. The summed E-state index contributed by atoms with van der Waals surface area (Å²) in [5.41, 5.74) is 5.41. The monoisotopic (exact) mass is 327 g/mol. The fourth-order valence-electron chi connectivity index (χ4n) is 2.20. The number of halogens is 1. The smallest absolute Gasteiger partial charge is 0.222 e. The third kappa shape index (κ3) is 6.88. The molecule has 2 N–H and O–H groups in total. The summed E-state index contributed by atoms with van der Waals surface area (Å²) in [6.07, 6.45) is 5.79. The van der Waals surface area contributed by atoms with Gasteiger partial charge in [-0.2, -0.15) is 4.31 Å². The predicted octanol–water partition coefficient (Wildman–Crippen LogP) is 0.421. The standard InChI is InChI=1S/C12H25N3O3S.ClH/c1-19(17,18)15-10-8-14(9-11-15)12(16)6-4-2-3-5-7-13;/h2-11,13H2,1H3;1H. The molecule has 0 aromatic rings. The van der Waals surface area contributed by atoms with E-state index in [4.69, 9.17) is 5.73 Å². The lowest BCUT2D eigenvalue weighted by Crippen LogP contribution is -2.50. The first-order valence-electron chi connectivity index (χ1n) is 6.88. The number of nitrogens with two attached hydrogens (primary N) is 1. The van der Waals surface area contributed by atoms with Crippen molar-refractivity contribution in [2.24, 2.45) is 5.73 Å². The molecule has 1 heterocycles. The molecule has 0 aromatic heterocycles. The average Bonchev–Trinajstić information content (AvgIpc) is 2.37. The molecule has 0 saturated carbocycles. The lowest BCUT2D eigenvalue weighted by atomic mass is 10.1. The summed E-state index contributed by atoms with van der Waals surface area (Å²) in [7, 11) is -3.12. The van der Waals surface area contributed by atoms with Gasteiger partial charge in [-0.1, -0.05) is 12.8 Å². The van der Waals surface area contributed by atoms with E-state index in [9.17, 15) is 13.2 Å². The molecule has 6 nitrogen and oxygen atoms in total. The zero-order valence-corrected chi connectivity index (χ0v) is 13.7. The van der Waals surface area contributed by atoms with Crippen molar-refractivity contribution in [3.05, 3.63) is 0 Å². The fourth-order valence-corrected chi connectivity index (χ4v) is 3.03. The van der Waals surface area contributed by atoms with Crippen molar-refractivity contribution in [3.63, 3.8) is 0 Å². The van der Waals surface area contributed by atoms with Crippen LogP contribution in [0, 0.1) is 0 Å². The second-order valence-electron chi connectivity index (χ2n) is 5.00. The molecule has 0 spiro atoms. The van der Waals surface area contributed by atoms with Gasteiger partial charge >= 0.3 is 0 Å². The number of sulfonamides is 1. The molecule has 0 unspecified atom stereocenters. The van der Waals surface area contributed by atoms with Crippen LogP contribution in [0.1, 0.15) is 32.1 Å². The lowest BCUT2D eigenvalue weighted by molar-refractivity contribution is -0.132. The molecular weight excluding hydrogens is 302 g/mol. The second-order valence-corrected chi connectivity index (χ2v) is 6.98. The summed E-state index contributed by atoms with van der Waals surface area (Å²) in [5.74, 6) is 0.140. The minimum absolute atomic E-state index is 0. The van der Waals surface area contributed by atoms with Gasteiger partial charge in [0.15, 0.2) is 0 Å². The zero-order valence-electron chi connectivity index (χ0n) is 12.1. The number of carbonyl (C=O) groups excluding carboxylic acids is 1. The van der Waals surface area contributed by atoms with Gasteiger partial charge in [0, 0.05) is 32.6 Å². The minimum Gasteiger partial charge on any atom is -0.340 e. The van der Waals surface area contributed by atoms with Crippen molar-refractivity contribution in [2.45, 2.75) is 32.1 Å². The van der Waals surface area contributed by atoms with Gasteiger partial charge in [-0.05, 0) is 19.4 Å². The van der Waals surface area contributed by atoms with E-state index < -0.39 is 10.0 Å². The van der Waals surface area contributed by atoms with Gasteiger partial charge in [-0.3, -0.25) is 4.79 Å². The van der Waals surface area contributed by atoms with Crippen molar-refractivity contribution >= 4 is 28.3 Å². The van der Waals surface area contributed by atoms with E-state index in [0.717, 1.165) is 25.7 Å². The van der Waals surface area contributed by atoms with Crippen LogP contribution in [0.3, 0.4) is 0 Å². The Balaban J connectivity index is 0.00000361. The quantitative estimate of drug-likeness (QED) is 0.687. The van der Waals surface area contributed by atoms with Crippen LogP contribution in [0.5, 0.6) is 0 Å². The third-order valence-electron chi connectivity index (χ3n) is 3.41. The number of nitrogens with zero attached hydrogens (tertiary/aromatic N) is 2. The van der Waals surface area contributed by atoms with Crippen LogP contribution in [-0.2, 0) is 14.8 Å². The Morgan fingerprint density at radius 3 is 2.10 bits per heavy atom. The zero-order chi connectivity index (χ0) is 14.3. The van der Waals surface area contributed by atoms with Crippen molar-refractivity contribution in [3.8, 4) is 0 Å². The summed E-state index contributed by atoms with van der Waals surface area (Å²) in [5, 5.41) is 0. The molecule has 0 aromatic carbocycles. The fraction of sp³-hybridized carbons (Fsp3) is 0.917. The number of rotatable bonds is 7. The molecular formula is C12H26ClN3O3S. The van der Waals surface area contributed by atoms with Crippen molar-refractivity contribution < 1.29 is 13.2 Å². The van der Waals surface area contributed by atoms with Gasteiger partial charge in [0.2, 0.25) is 15.9 Å². The van der Waals surface area contributed by atoms with Crippen molar-refractivity contribution in [1.29, 1.82) is 0 Å². The molecule has 120 valence electrons. The van der Waals surface area contributed by atoms with E-state index in [1.54, 1.807) is 4.90 Å². The highest BCUT2D eigenvalue weighted by Gasteiger charge is 2.25. The van der Waals surface area contributed by atoms with Crippen LogP contribution >= 0.6 is 12.4 Å². The van der Waals surface area contributed by atoms with E-state index in [1.165, 1.54) is 10.6 Å². The van der Waals surface area contributed by atoms with E-state index in [2.05, 4.69) is 0 Å². The van der Waals surface area contributed by atoms with Crippen LogP contribution < -0.4 is 5.73 Å². The number of carbonyl (C=O) groups is 1. The molecule has 0 atom stereocenters. The molecule has 1 aliphatic rings. The third-order valence-corrected chi connectivity index (χ3v) is 4.71. The Morgan fingerprint density at radius 2 is 1.60 bits per heavy atom. The topological polar surface area (TPSA) is 83.7 Å². The molecule has 1 rings (SSSR count). The lowest BCUT2D eigenvalue weighted by Gasteiger charge is -2.33. The Bertz CT molecular complexity index is 381. The van der Waals surface area contributed by atoms with Crippen LogP contribution in [0.15, 0.2) is 0 Å². The van der Waals surface area contributed by atoms with Gasteiger partial charge in [0.05, 0.1) is 6.26 Å². The van der Waals surface area contributed by atoms with Crippen LogP contribution in [0.2, 0.25) is 0 Å². The van der Waals surface area contributed by atoms with E-state index in [0.29, 0.717) is 39.1 Å². The molecule has 1 fully saturated rings. The number of unbranched alkanes of at least 4 members (excludes halogenated alkanes) is 3. The van der Waals surface area contributed by atoms with E-state index >= 15 is 0 Å². The first-order chi connectivity index (χ1) is 8.95. The average molecular weight is 328 g/mol. The van der Waals surface area contributed by atoms with Gasteiger partial charge in [0.1, 0.15) is 0 Å². The second kappa shape index (κ2) is 9.55.